The Morgan fingerprint density at radius 1 is 1.15 bits per heavy atom. The third kappa shape index (κ3) is 3.79. The van der Waals surface area contributed by atoms with Crippen LogP contribution in [0.3, 0.4) is 0 Å². The molecule has 3 rings (SSSR count). The number of fused-ring (bicyclic) bond motifs is 1. The monoisotopic (exact) mass is 318 g/mol. The van der Waals surface area contributed by atoms with E-state index in [4.69, 9.17) is 10.5 Å². The van der Waals surface area contributed by atoms with Gasteiger partial charge in [0.2, 0.25) is 0 Å². The van der Waals surface area contributed by atoms with Crippen molar-refractivity contribution in [1.29, 1.82) is 0 Å². The van der Waals surface area contributed by atoms with E-state index < -0.39 is 0 Å². The predicted molar refractivity (Wildman–Crippen MR) is 87.1 cm³/mol. The first-order valence-corrected chi connectivity index (χ1v) is 7.07. The van der Waals surface area contributed by atoms with E-state index in [1.165, 1.54) is 43.5 Å². The molecule has 114 valence electrons. The SMILES string of the molecule is Cl.Cl.NC1CCOc2c(CN3CCCCC3)cccc21. The van der Waals surface area contributed by atoms with Gasteiger partial charge in [-0.1, -0.05) is 24.6 Å². The summed E-state index contributed by atoms with van der Waals surface area (Å²) < 4.78 is 5.86. The van der Waals surface area contributed by atoms with Crippen molar-refractivity contribution in [1.82, 2.24) is 4.90 Å². The molecular weight excluding hydrogens is 295 g/mol. The Hall–Kier alpha value is -0.480. The molecule has 1 saturated heterocycles. The molecule has 1 aromatic rings. The van der Waals surface area contributed by atoms with E-state index >= 15 is 0 Å². The molecule has 2 heterocycles. The van der Waals surface area contributed by atoms with Crippen molar-refractivity contribution in [2.45, 2.75) is 38.3 Å². The second-order valence-electron chi connectivity index (χ2n) is 5.42. The van der Waals surface area contributed by atoms with Gasteiger partial charge in [0.05, 0.1) is 6.61 Å². The summed E-state index contributed by atoms with van der Waals surface area (Å²) in [6.07, 6.45) is 4.97. The number of benzene rings is 1. The van der Waals surface area contributed by atoms with Crippen LogP contribution in [-0.4, -0.2) is 24.6 Å². The highest BCUT2D eigenvalue weighted by atomic mass is 35.5. The molecule has 2 aliphatic rings. The molecule has 20 heavy (non-hydrogen) atoms. The number of hydrogen-bond acceptors (Lipinski definition) is 3. The molecule has 0 aliphatic carbocycles. The van der Waals surface area contributed by atoms with E-state index in [1.807, 2.05) is 0 Å². The zero-order valence-electron chi connectivity index (χ0n) is 11.7. The molecule has 5 heteroatoms. The average molecular weight is 319 g/mol. The summed E-state index contributed by atoms with van der Waals surface area (Å²) in [4.78, 5) is 2.53. The van der Waals surface area contributed by atoms with Crippen LogP contribution in [0.1, 0.15) is 42.9 Å². The van der Waals surface area contributed by atoms with Crippen molar-refractivity contribution in [3.8, 4) is 5.75 Å². The third-order valence-electron chi connectivity index (χ3n) is 4.04. The van der Waals surface area contributed by atoms with Gasteiger partial charge in [-0.25, -0.2) is 0 Å². The molecule has 0 bridgehead atoms. The van der Waals surface area contributed by atoms with Crippen molar-refractivity contribution in [3.05, 3.63) is 29.3 Å². The molecule has 1 fully saturated rings. The largest absolute Gasteiger partial charge is 0.493 e. The summed E-state index contributed by atoms with van der Waals surface area (Å²) in [7, 11) is 0. The van der Waals surface area contributed by atoms with Gasteiger partial charge < -0.3 is 10.5 Å². The molecule has 0 radical (unpaired) electrons. The quantitative estimate of drug-likeness (QED) is 0.909. The zero-order chi connectivity index (χ0) is 12.4. The molecule has 0 amide bonds. The lowest BCUT2D eigenvalue weighted by atomic mass is 9.98. The van der Waals surface area contributed by atoms with Gasteiger partial charge in [0.25, 0.3) is 0 Å². The fraction of sp³-hybridized carbons (Fsp3) is 0.600. The molecule has 0 spiro atoms. The first-order valence-electron chi connectivity index (χ1n) is 7.07. The number of piperidine rings is 1. The van der Waals surface area contributed by atoms with E-state index in [9.17, 15) is 0 Å². The summed E-state index contributed by atoms with van der Waals surface area (Å²) in [6, 6.07) is 6.56. The maximum absolute atomic E-state index is 6.15. The van der Waals surface area contributed by atoms with Crippen LogP contribution < -0.4 is 10.5 Å². The summed E-state index contributed by atoms with van der Waals surface area (Å²) in [5, 5.41) is 0. The molecule has 0 saturated carbocycles. The maximum atomic E-state index is 6.15. The standard InChI is InChI=1S/C15H22N2O.2ClH/c16-14-7-10-18-15-12(5-4-6-13(14)15)11-17-8-2-1-3-9-17;;/h4-6,14H,1-3,7-11,16H2;2*1H. The molecule has 1 unspecified atom stereocenters. The Morgan fingerprint density at radius 3 is 2.65 bits per heavy atom. The van der Waals surface area contributed by atoms with Crippen molar-refractivity contribution in [2.24, 2.45) is 5.73 Å². The van der Waals surface area contributed by atoms with Gasteiger partial charge in [0.1, 0.15) is 5.75 Å². The molecule has 1 aromatic carbocycles. The lowest BCUT2D eigenvalue weighted by Crippen LogP contribution is -2.30. The first-order chi connectivity index (χ1) is 8.84. The van der Waals surface area contributed by atoms with Crippen LogP contribution in [0.2, 0.25) is 0 Å². The molecule has 2 aliphatic heterocycles. The highest BCUT2D eigenvalue weighted by molar-refractivity contribution is 5.85. The lowest BCUT2D eigenvalue weighted by molar-refractivity contribution is 0.211. The van der Waals surface area contributed by atoms with Crippen molar-refractivity contribution in [2.75, 3.05) is 19.7 Å². The van der Waals surface area contributed by atoms with E-state index in [0.29, 0.717) is 0 Å². The minimum atomic E-state index is 0. The van der Waals surface area contributed by atoms with Crippen LogP contribution in [0.5, 0.6) is 5.75 Å². The van der Waals surface area contributed by atoms with Crippen LogP contribution >= 0.6 is 24.8 Å². The predicted octanol–water partition coefficient (Wildman–Crippen LogP) is 3.30. The summed E-state index contributed by atoms with van der Waals surface area (Å²) in [5.74, 6) is 1.06. The van der Waals surface area contributed by atoms with Crippen LogP contribution in [0.4, 0.5) is 0 Å². The zero-order valence-corrected chi connectivity index (χ0v) is 13.3. The Labute approximate surface area is 133 Å². The Balaban J connectivity index is 0.000001000. The fourth-order valence-electron chi connectivity index (χ4n) is 3.00. The van der Waals surface area contributed by atoms with Gasteiger partial charge in [-0.2, -0.15) is 0 Å². The van der Waals surface area contributed by atoms with Crippen molar-refractivity contribution < 1.29 is 4.74 Å². The number of nitrogens with zero attached hydrogens (tertiary/aromatic N) is 1. The van der Waals surface area contributed by atoms with Gasteiger partial charge in [-0.05, 0) is 25.9 Å². The summed E-state index contributed by atoms with van der Waals surface area (Å²) in [6.45, 7) is 4.20. The number of nitrogens with two attached hydrogens (primary N) is 1. The lowest BCUT2D eigenvalue weighted by Gasteiger charge is -2.30. The molecular formula is C15H24Cl2N2O. The van der Waals surface area contributed by atoms with Crippen LogP contribution in [0, 0.1) is 0 Å². The minimum Gasteiger partial charge on any atom is -0.493 e. The summed E-state index contributed by atoms with van der Waals surface area (Å²) >= 11 is 0. The smallest absolute Gasteiger partial charge is 0.128 e. The highest BCUT2D eigenvalue weighted by Crippen LogP contribution is 2.34. The number of likely N-dealkylation sites (tertiary alicyclic amines) is 1. The molecule has 3 nitrogen and oxygen atoms in total. The van der Waals surface area contributed by atoms with E-state index in [2.05, 4.69) is 23.1 Å². The fourth-order valence-corrected chi connectivity index (χ4v) is 3.00. The average Bonchev–Trinajstić information content (AvgIpc) is 2.41. The number of rotatable bonds is 2. The Bertz CT molecular complexity index is 422. The van der Waals surface area contributed by atoms with E-state index in [-0.39, 0.29) is 30.9 Å². The Kier molecular flexibility index (Phi) is 7.10. The van der Waals surface area contributed by atoms with Crippen LogP contribution in [0.25, 0.3) is 0 Å². The number of ether oxygens (including phenoxy) is 1. The normalized spacial score (nSPS) is 21.9. The molecule has 0 aromatic heterocycles. The van der Waals surface area contributed by atoms with Gasteiger partial charge >= 0.3 is 0 Å². The van der Waals surface area contributed by atoms with Gasteiger partial charge in [-0.15, -0.1) is 24.8 Å². The molecule has 1 atom stereocenters. The van der Waals surface area contributed by atoms with Gasteiger partial charge in [0, 0.05) is 30.1 Å². The van der Waals surface area contributed by atoms with Crippen molar-refractivity contribution >= 4 is 24.8 Å². The summed E-state index contributed by atoms with van der Waals surface area (Å²) in [5.41, 5.74) is 8.66. The van der Waals surface area contributed by atoms with Gasteiger partial charge in [0.15, 0.2) is 0 Å². The second kappa shape index (κ2) is 8.08. The topological polar surface area (TPSA) is 38.5 Å². The van der Waals surface area contributed by atoms with E-state index in [0.717, 1.165) is 25.3 Å². The second-order valence-corrected chi connectivity index (χ2v) is 5.42. The minimum absolute atomic E-state index is 0. The van der Waals surface area contributed by atoms with Gasteiger partial charge in [-0.3, -0.25) is 4.90 Å². The Morgan fingerprint density at radius 2 is 1.90 bits per heavy atom. The van der Waals surface area contributed by atoms with Crippen LogP contribution in [0.15, 0.2) is 18.2 Å². The number of hydrogen-bond donors (Lipinski definition) is 1. The number of para-hydroxylation sites is 1. The molecule has 2 N–H and O–H groups in total. The maximum Gasteiger partial charge on any atom is 0.128 e. The highest BCUT2D eigenvalue weighted by Gasteiger charge is 2.21. The van der Waals surface area contributed by atoms with Crippen molar-refractivity contribution in [3.63, 3.8) is 0 Å². The third-order valence-corrected chi connectivity index (χ3v) is 4.04. The van der Waals surface area contributed by atoms with E-state index in [1.54, 1.807) is 0 Å². The van der Waals surface area contributed by atoms with Crippen LogP contribution in [-0.2, 0) is 6.54 Å². The first kappa shape index (κ1) is 17.6. The number of halogens is 2.